The molecule has 2 aromatic carbocycles. The first-order valence-electron chi connectivity index (χ1n) is 10.5. The Morgan fingerprint density at radius 1 is 1.07 bits per heavy atom. The topological polar surface area (TPSA) is 19.0 Å². The molecule has 0 amide bonds. The van der Waals surface area contributed by atoms with Crippen LogP contribution in [0.5, 0.6) is 0 Å². The van der Waals surface area contributed by atoms with Crippen molar-refractivity contribution in [3.8, 4) is 0 Å². The molecule has 5 rings (SSSR count). The third-order valence-corrected chi connectivity index (χ3v) is 7.04. The summed E-state index contributed by atoms with van der Waals surface area (Å²) in [5.41, 5.74) is 7.25. The summed E-state index contributed by atoms with van der Waals surface area (Å²) in [6, 6.07) is 17.5. The van der Waals surface area contributed by atoms with Gasteiger partial charge in [0.15, 0.2) is 0 Å². The van der Waals surface area contributed by atoms with Gasteiger partial charge in [-0.3, -0.25) is 4.90 Å². The molecule has 1 N–H and O–H groups in total. The third kappa shape index (κ3) is 3.70. The summed E-state index contributed by atoms with van der Waals surface area (Å²) in [7, 11) is 0. The minimum atomic E-state index is 0.810. The molecular weight excluding hydrogens is 408 g/mol. The van der Waals surface area contributed by atoms with Crippen molar-refractivity contribution in [3.05, 3.63) is 75.9 Å². The van der Waals surface area contributed by atoms with Gasteiger partial charge in [-0.2, -0.15) is 0 Å². The highest BCUT2D eigenvalue weighted by Crippen LogP contribution is 2.34. The number of H-pyrrole nitrogens is 1. The molecule has 28 heavy (non-hydrogen) atoms. The number of nitrogens with zero attached hydrogens (tertiary/aromatic N) is 1. The quantitative estimate of drug-likeness (QED) is 0.516. The first-order chi connectivity index (χ1) is 13.8. The smallest absolute Gasteiger partial charge is 0.0459 e. The Morgan fingerprint density at radius 3 is 2.79 bits per heavy atom. The maximum absolute atomic E-state index is 3.65. The van der Waals surface area contributed by atoms with Crippen molar-refractivity contribution >= 4 is 32.4 Å². The van der Waals surface area contributed by atoms with Crippen LogP contribution < -0.4 is 0 Å². The molecule has 2 nitrogen and oxygen atoms in total. The number of hydrogen-bond acceptors (Lipinski definition) is 1. The van der Waals surface area contributed by atoms with E-state index in [0.29, 0.717) is 0 Å². The van der Waals surface area contributed by atoms with E-state index in [4.69, 9.17) is 0 Å². The molecule has 3 heteroatoms. The van der Waals surface area contributed by atoms with Crippen LogP contribution in [0.2, 0.25) is 0 Å². The van der Waals surface area contributed by atoms with Crippen molar-refractivity contribution < 1.29 is 0 Å². The van der Waals surface area contributed by atoms with Crippen LogP contribution in [0.25, 0.3) is 16.5 Å². The maximum atomic E-state index is 3.65. The van der Waals surface area contributed by atoms with Gasteiger partial charge < -0.3 is 4.98 Å². The number of rotatable bonds is 4. The Hall–Kier alpha value is -1.84. The van der Waals surface area contributed by atoms with Crippen LogP contribution in [0.3, 0.4) is 0 Å². The average molecular weight is 435 g/mol. The van der Waals surface area contributed by atoms with Gasteiger partial charge in [0.05, 0.1) is 0 Å². The van der Waals surface area contributed by atoms with E-state index in [2.05, 4.69) is 80.4 Å². The number of nitrogens with one attached hydrogen (secondary N) is 1. The largest absolute Gasteiger partial charge is 0.358 e. The lowest BCUT2D eigenvalue weighted by molar-refractivity contribution is 0.265. The molecule has 0 saturated carbocycles. The molecule has 1 aliphatic heterocycles. The minimum Gasteiger partial charge on any atom is -0.358 e. The van der Waals surface area contributed by atoms with Crippen molar-refractivity contribution in [2.75, 3.05) is 19.6 Å². The van der Waals surface area contributed by atoms with Crippen LogP contribution in [0.1, 0.15) is 36.1 Å². The molecule has 0 bridgehead atoms. The second-order valence-corrected chi connectivity index (χ2v) is 9.23. The van der Waals surface area contributed by atoms with Crippen LogP contribution in [0.4, 0.5) is 0 Å². The fraction of sp³-hybridized carbons (Fsp3) is 0.360. The fourth-order valence-corrected chi connectivity index (χ4v) is 5.26. The molecule has 0 radical (unpaired) electrons. The Kier molecular flexibility index (Phi) is 5.13. The normalized spacial score (nSPS) is 20.2. The molecule has 1 atom stereocenters. The summed E-state index contributed by atoms with van der Waals surface area (Å²) >= 11 is 3.64. The summed E-state index contributed by atoms with van der Waals surface area (Å²) < 4.78 is 1.18. The Morgan fingerprint density at radius 2 is 1.96 bits per heavy atom. The number of hydrogen-bond donors (Lipinski definition) is 1. The van der Waals surface area contributed by atoms with Crippen LogP contribution in [-0.2, 0) is 12.8 Å². The lowest BCUT2D eigenvalue weighted by Crippen LogP contribution is -2.31. The standard InChI is InChI=1S/C25H27BrN2/c26-21-7-9-25-23(17-21)22-16-18(6-8-24(22)27-25)10-13-28-14-11-20(12-15-28)19-4-2-1-3-5-19/h1-5,7,9,11,17-18,27H,6,8,10,12-16H2. The van der Waals surface area contributed by atoms with Gasteiger partial charge in [-0.15, -0.1) is 0 Å². The summed E-state index contributed by atoms with van der Waals surface area (Å²) in [4.78, 5) is 6.28. The molecule has 0 fully saturated rings. The number of fused-ring (bicyclic) bond motifs is 3. The second kappa shape index (κ2) is 7.88. The molecule has 1 unspecified atom stereocenters. The predicted molar refractivity (Wildman–Crippen MR) is 122 cm³/mol. The van der Waals surface area contributed by atoms with E-state index in [1.807, 2.05) is 0 Å². The zero-order valence-corrected chi connectivity index (χ0v) is 17.8. The van der Waals surface area contributed by atoms with Gasteiger partial charge in [-0.25, -0.2) is 0 Å². The van der Waals surface area contributed by atoms with Gasteiger partial charge >= 0.3 is 0 Å². The Labute approximate surface area is 175 Å². The van der Waals surface area contributed by atoms with Crippen molar-refractivity contribution in [1.82, 2.24) is 9.88 Å². The number of benzene rings is 2. The third-order valence-electron chi connectivity index (χ3n) is 6.54. The van der Waals surface area contributed by atoms with Gasteiger partial charge in [-0.05, 0) is 79.5 Å². The SMILES string of the molecule is Brc1ccc2[nH]c3c(c2c1)CC(CCN1CC=C(c2ccccc2)CC1)CC3. The average Bonchev–Trinajstić information content (AvgIpc) is 3.10. The van der Waals surface area contributed by atoms with Crippen LogP contribution >= 0.6 is 15.9 Å². The number of aryl methyl sites for hydroxylation is 1. The minimum absolute atomic E-state index is 0.810. The molecular formula is C25H27BrN2. The van der Waals surface area contributed by atoms with Crippen LogP contribution in [-0.4, -0.2) is 29.5 Å². The van der Waals surface area contributed by atoms with Crippen LogP contribution in [0, 0.1) is 5.92 Å². The van der Waals surface area contributed by atoms with E-state index >= 15 is 0 Å². The first kappa shape index (κ1) is 18.2. The summed E-state index contributed by atoms with van der Waals surface area (Å²) in [6.45, 7) is 3.52. The maximum Gasteiger partial charge on any atom is 0.0459 e. The molecule has 0 spiro atoms. The second-order valence-electron chi connectivity index (χ2n) is 8.32. The van der Waals surface area contributed by atoms with E-state index in [1.165, 1.54) is 77.4 Å². The summed E-state index contributed by atoms with van der Waals surface area (Å²) in [5.74, 6) is 0.810. The van der Waals surface area contributed by atoms with Crippen LogP contribution in [0.15, 0.2) is 59.1 Å². The first-order valence-corrected chi connectivity index (χ1v) is 11.3. The van der Waals surface area contributed by atoms with Crippen molar-refractivity contribution in [3.63, 3.8) is 0 Å². The Bertz CT molecular complexity index is 1000. The van der Waals surface area contributed by atoms with Gasteiger partial charge in [0.2, 0.25) is 0 Å². The fourth-order valence-electron chi connectivity index (χ4n) is 4.90. The molecule has 1 aromatic heterocycles. The van der Waals surface area contributed by atoms with Crippen molar-refractivity contribution in [1.29, 1.82) is 0 Å². The Balaban J connectivity index is 1.20. The van der Waals surface area contributed by atoms with Gasteiger partial charge in [-0.1, -0.05) is 52.3 Å². The van der Waals surface area contributed by atoms with Crippen molar-refractivity contribution in [2.45, 2.75) is 32.1 Å². The van der Waals surface area contributed by atoms with E-state index < -0.39 is 0 Å². The highest BCUT2D eigenvalue weighted by atomic mass is 79.9. The summed E-state index contributed by atoms with van der Waals surface area (Å²) in [6.07, 6.45) is 8.67. The van der Waals surface area contributed by atoms with E-state index in [1.54, 1.807) is 5.56 Å². The number of aromatic nitrogens is 1. The van der Waals surface area contributed by atoms with Crippen molar-refractivity contribution in [2.24, 2.45) is 5.92 Å². The van der Waals surface area contributed by atoms with Gasteiger partial charge in [0.25, 0.3) is 0 Å². The molecule has 3 aromatic rings. The molecule has 1 aliphatic carbocycles. The lowest BCUT2D eigenvalue weighted by atomic mass is 9.84. The zero-order valence-electron chi connectivity index (χ0n) is 16.3. The van der Waals surface area contributed by atoms with E-state index in [-0.39, 0.29) is 0 Å². The number of aromatic amines is 1. The lowest BCUT2D eigenvalue weighted by Gasteiger charge is -2.29. The van der Waals surface area contributed by atoms with Gasteiger partial charge in [0, 0.05) is 34.2 Å². The summed E-state index contributed by atoms with van der Waals surface area (Å²) in [5, 5.41) is 1.42. The monoisotopic (exact) mass is 434 g/mol. The predicted octanol–water partition coefficient (Wildman–Crippen LogP) is 6.21. The molecule has 0 saturated heterocycles. The van der Waals surface area contributed by atoms with E-state index in [0.717, 1.165) is 12.5 Å². The number of halogens is 1. The van der Waals surface area contributed by atoms with E-state index in [9.17, 15) is 0 Å². The highest BCUT2D eigenvalue weighted by molar-refractivity contribution is 9.10. The highest BCUT2D eigenvalue weighted by Gasteiger charge is 2.23. The molecule has 144 valence electrons. The van der Waals surface area contributed by atoms with Gasteiger partial charge in [0.1, 0.15) is 0 Å². The molecule has 2 heterocycles. The molecule has 2 aliphatic rings. The zero-order chi connectivity index (χ0) is 18.9.